The average molecular weight is 391 g/mol. The summed E-state index contributed by atoms with van der Waals surface area (Å²) in [6.07, 6.45) is -0.588. The van der Waals surface area contributed by atoms with E-state index in [-0.39, 0.29) is 5.91 Å². The van der Waals surface area contributed by atoms with Crippen LogP contribution in [0, 0.1) is 6.92 Å². The van der Waals surface area contributed by atoms with Gasteiger partial charge in [0.25, 0.3) is 5.91 Å². The maximum Gasteiger partial charge on any atom is 0.265 e. The van der Waals surface area contributed by atoms with E-state index in [4.69, 9.17) is 4.74 Å². The van der Waals surface area contributed by atoms with Crippen LogP contribution in [-0.2, 0) is 4.79 Å². The molecule has 0 spiro atoms. The van der Waals surface area contributed by atoms with E-state index in [9.17, 15) is 4.79 Å². The van der Waals surface area contributed by atoms with Gasteiger partial charge in [0.1, 0.15) is 5.75 Å². The first kappa shape index (κ1) is 16.0. The quantitative estimate of drug-likeness (QED) is 0.697. The van der Waals surface area contributed by atoms with E-state index >= 15 is 0 Å². The van der Waals surface area contributed by atoms with Gasteiger partial charge in [0.15, 0.2) is 6.10 Å². The Hall–Kier alpha value is -1.92. The standard InChI is InChI=1S/C17H15BrN2O2S/c1-10(22-14-6-3-12(18)4-7-14)17(21)20-13-5-8-15-16(9-13)23-11(2)19-15/h3-10H,1-2H3,(H,20,21). The third kappa shape index (κ3) is 3.89. The van der Waals surface area contributed by atoms with E-state index in [1.165, 1.54) is 0 Å². The molecule has 118 valence electrons. The summed E-state index contributed by atoms with van der Waals surface area (Å²) in [6.45, 7) is 3.70. The minimum atomic E-state index is -0.588. The van der Waals surface area contributed by atoms with Crippen LogP contribution in [0.1, 0.15) is 11.9 Å². The van der Waals surface area contributed by atoms with Crippen LogP contribution in [0.4, 0.5) is 5.69 Å². The molecule has 1 amide bonds. The summed E-state index contributed by atoms with van der Waals surface area (Å²) in [6, 6.07) is 13.1. The van der Waals surface area contributed by atoms with Crippen LogP contribution in [0.15, 0.2) is 46.9 Å². The highest BCUT2D eigenvalue weighted by Crippen LogP contribution is 2.25. The lowest BCUT2D eigenvalue weighted by atomic mass is 10.2. The van der Waals surface area contributed by atoms with Crippen LogP contribution in [-0.4, -0.2) is 17.0 Å². The minimum Gasteiger partial charge on any atom is -0.481 e. The number of aromatic nitrogens is 1. The smallest absolute Gasteiger partial charge is 0.265 e. The highest BCUT2D eigenvalue weighted by Gasteiger charge is 2.15. The molecule has 6 heteroatoms. The van der Waals surface area contributed by atoms with E-state index in [2.05, 4.69) is 26.2 Å². The normalized spacial score (nSPS) is 12.1. The number of halogens is 1. The van der Waals surface area contributed by atoms with Crippen molar-refractivity contribution in [2.45, 2.75) is 20.0 Å². The lowest BCUT2D eigenvalue weighted by Crippen LogP contribution is -2.30. The van der Waals surface area contributed by atoms with Crippen molar-refractivity contribution in [3.63, 3.8) is 0 Å². The van der Waals surface area contributed by atoms with Crippen molar-refractivity contribution < 1.29 is 9.53 Å². The van der Waals surface area contributed by atoms with Crippen molar-refractivity contribution in [3.05, 3.63) is 51.9 Å². The lowest BCUT2D eigenvalue weighted by Gasteiger charge is -2.14. The molecule has 1 atom stereocenters. The number of nitrogens with one attached hydrogen (secondary N) is 1. The third-order valence-electron chi connectivity index (χ3n) is 3.26. The largest absolute Gasteiger partial charge is 0.481 e. The molecule has 1 aromatic heterocycles. The second kappa shape index (κ2) is 6.68. The van der Waals surface area contributed by atoms with Gasteiger partial charge in [0.05, 0.1) is 15.2 Å². The summed E-state index contributed by atoms with van der Waals surface area (Å²) in [7, 11) is 0. The molecule has 0 aliphatic rings. The molecule has 0 aliphatic heterocycles. The van der Waals surface area contributed by atoms with Crippen molar-refractivity contribution in [3.8, 4) is 5.75 Å². The summed E-state index contributed by atoms with van der Waals surface area (Å²) in [5.41, 5.74) is 1.70. The molecule has 0 bridgehead atoms. The number of amides is 1. The molecule has 1 heterocycles. The number of carbonyl (C=O) groups excluding carboxylic acids is 1. The van der Waals surface area contributed by atoms with Crippen LogP contribution in [0.3, 0.4) is 0 Å². The number of hydrogen-bond donors (Lipinski definition) is 1. The molecule has 3 aromatic rings. The number of thiazole rings is 1. The Morgan fingerprint density at radius 1 is 1.26 bits per heavy atom. The molecule has 3 rings (SSSR count). The Labute approximate surface area is 146 Å². The summed E-state index contributed by atoms with van der Waals surface area (Å²) >= 11 is 4.97. The van der Waals surface area contributed by atoms with Crippen molar-refractivity contribution in [1.29, 1.82) is 0 Å². The maximum atomic E-state index is 12.3. The van der Waals surface area contributed by atoms with Gasteiger partial charge in [-0.1, -0.05) is 15.9 Å². The predicted molar refractivity (Wildman–Crippen MR) is 97.2 cm³/mol. The number of hydrogen-bond acceptors (Lipinski definition) is 4. The molecule has 0 radical (unpaired) electrons. The minimum absolute atomic E-state index is 0.187. The number of benzene rings is 2. The number of nitrogens with zero attached hydrogens (tertiary/aromatic N) is 1. The molecular weight excluding hydrogens is 376 g/mol. The zero-order valence-electron chi connectivity index (χ0n) is 12.7. The first-order valence-corrected chi connectivity index (χ1v) is 8.72. The fourth-order valence-corrected chi connectivity index (χ4v) is 3.26. The first-order valence-electron chi connectivity index (χ1n) is 7.11. The molecule has 1 N–H and O–H groups in total. The van der Waals surface area contributed by atoms with Gasteiger partial charge < -0.3 is 10.1 Å². The van der Waals surface area contributed by atoms with Crippen LogP contribution in [0.2, 0.25) is 0 Å². The molecule has 0 fully saturated rings. The number of ether oxygens (including phenoxy) is 1. The van der Waals surface area contributed by atoms with Crippen molar-refractivity contribution in [2.24, 2.45) is 0 Å². The zero-order chi connectivity index (χ0) is 16.4. The molecule has 1 unspecified atom stereocenters. The Kier molecular flexibility index (Phi) is 4.63. The van der Waals surface area contributed by atoms with Crippen LogP contribution < -0.4 is 10.1 Å². The van der Waals surface area contributed by atoms with Gasteiger partial charge in [-0.3, -0.25) is 4.79 Å². The third-order valence-corrected chi connectivity index (χ3v) is 4.72. The number of aryl methyl sites for hydroxylation is 1. The van der Waals surface area contributed by atoms with Crippen molar-refractivity contribution in [1.82, 2.24) is 4.98 Å². The number of rotatable bonds is 4. The van der Waals surface area contributed by atoms with Crippen LogP contribution in [0.25, 0.3) is 10.2 Å². The number of anilines is 1. The van der Waals surface area contributed by atoms with E-state index in [1.54, 1.807) is 18.3 Å². The Bertz CT molecular complexity index is 845. The van der Waals surface area contributed by atoms with E-state index in [0.29, 0.717) is 5.75 Å². The van der Waals surface area contributed by atoms with Crippen molar-refractivity contribution in [2.75, 3.05) is 5.32 Å². The topological polar surface area (TPSA) is 51.2 Å². The number of carbonyl (C=O) groups is 1. The summed E-state index contributed by atoms with van der Waals surface area (Å²) in [4.78, 5) is 16.7. The van der Waals surface area contributed by atoms with Gasteiger partial charge in [0, 0.05) is 10.2 Å². The van der Waals surface area contributed by atoms with E-state index in [0.717, 1.165) is 25.4 Å². The molecule has 4 nitrogen and oxygen atoms in total. The van der Waals surface area contributed by atoms with Crippen LogP contribution in [0.5, 0.6) is 5.75 Å². The molecule has 2 aromatic carbocycles. The van der Waals surface area contributed by atoms with Gasteiger partial charge in [-0.2, -0.15) is 0 Å². The first-order chi connectivity index (χ1) is 11.0. The zero-order valence-corrected chi connectivity index (χ0v) is 15.1. The second-order valence-corrected chi connectivity index (χ2v) is 7.27. The predicted octanol–water partition coefficient (Wildman–Crippen LogP) is 4.77. The average Bonchev–Trinajstić information content (AvgIpc) is 2.88. The Morgan fingerprint density at radius 2 is 2.00 bits per heavy atom. The van der Waals surface area contributed by atoms with Gasteiger partial charge in [-0.25, -0.2) is 4.98 Å². The number of fused-ring (bicyclic) bond motifs is 1. The molecule has 0 aliphatic carbocycles. The molecule has 0 saturated heterocycles. The van der Waals surface area contributed by atoms with Gasteiger partial charge >= 0.3 is 0 Å². The highest BCUT2D eigenvalue weighted by atomic mass is 79.9. The van der Waals surface area contributed by atoms with E-state index < -0.39 is 6.10 Å². The monoisotopic (exact) mass is 390 g/mol. The lowest BCUT2D eigenvalue weighted by molar-refractivity contribution is -0.122. The summed E-state index contributed by atoms with van der Waals surface area (Å²) < 4.78 is 7.68. The Morgan fingerprint density at radius 3 is 2.74 bits per heavy atom. The maximum absolute atomic E-state index is 12.3. The van der Waals surface area contributed by atoms with Crippen LogP contribution >= 0.6 is 27.3 Å². The highest BCUT2D eigenvalue weighted by molar-refractivity contribution is 9.10. The second-order valence-electron chi connectivity index (χ2n) is 5.12. The summed E-state index contributed by atoms with van der Waals surface area (Å²) in [5, 5.41) is 3.89. The molecule has 23 heavy (non-hydrogen) atoms. The molecular formula is C17H15BrN2O2S. The van der Waals surface area contributed by atoms with Gasteiger partial charge in [-0.05, 0) is 56.3 Å². The fourth-order valence-electron chi connectivity index (χ4n) is 2.13. The van der Waals surface area contributed by atoms with E-state index in [1.807, 2.05) is 49.4 Å². The van der Waals surface area contributed by atoms with Crippen molar-refractivity contribution >= 4 is 49.1 Å². The van der Waals surface area contributed by atoms with Gasteiger partial charge in [-0.15, -0.1) is 11.3 Å². The SMILES string of the molecule is Cc1nc2ccc(NC(=O)C(C)Oc3ccc(Br)cc3)cc2s1. The summed E-state index contributed by atoms with van der Waals surface area (Å²) in [5.74, 6) is 0.470. The molecule has 0 saturated carbocycles. The van der Waals surface area contributed by atoms with Gasteiger partial charge in [0.2, 0.25) is 0 Å². The Balaban J connectivity index is 1.67. The fraction of sp³-hybridized carbons (Fsp3) is 0.176.